The van der Waals surface area contributed by atoms with Gasteiger partial charge < -0.3 is 4.98 Å². The van der Waals surface area contributed by atoms with Gasteiger partial charge in [0.05, 0.1) is 10.5 Å². The molecular weight excluding hydrogens is 158 g/mol. The van der Waals surface area contributed by atoms with Gasteiger partial charge in [0, 0.05) is 23.4 Å². The summed E-state index contributed by atoms with van der Waals surface area (Å²) in [5.74, 6) is 0. The van der Waals surface area contributed by atoms with Crippen LogP contribution in [0.25, 0.3) is 10.9 Å². The van der Waals surface area contributed by atoms with Crippen molar-refractivity contribution in [2.24, 2.45) is 0 Å². The Morgan fingerprint density at radius 3 is 3.09 bits per heavy atom. The molecule has 0 aliphatic carbocycles. The van der Waals surface area contributed by atoms with E-state index < -0.39 is 0 Å². The predicted octanol–water partition coefficient (Wildman–Crippen LogP) is 0.475. The molecule has 54 valence electrons. The topological polar surface area (TPSA) is 28.7 Å². The van der Waals surface area contributed by atoms with E-state index in [0.29, 0.717) is 5.02 Å². The van der Waals surface area contributed by atoms with Crippen molar-refractivity contribution in [1.29, 1.82) is 0 Å². The Labute approximate surface area is 70.0 Å². The summed E-state index contributed by atoms with van der Waals surface area (Å²) >= 11 is 5.89. The van der Waals surface area contributed by atoms with Crippen molar-refractivity contribution in [1.82, 2.24) is 9.97 Å². The molecule has 0 aliphatic heterocycles. The van der Waals surface area contributed by atoms with Crippen LogP contribution in [0, 0.1) is 0 Å². The van der Waals surface area contributed by atoms with Gasteiger partial charge in [-0.25, -0.2) is 0 Å². The van der Waals surface area contributed by atoms with Crippen molar-refractivity contribution >= 4 is 35.9 Å². The van der Waals surface area contributed by atoms with Crippen LogP contribution in [0.15, 0.2) is 18.5 Å². The van der Waals surface area contributed by atoms with Crippen LogP contribution in [0.3, 0.4) is 0 Å². The van der Waals surface area contributed by atoms with E-state index in [-0.39, 0.29) is 0 Å². The molecule has 2 aromatic heterocycles. The lowest BCUT2D eigenvalue weighted by molar-refractivity contribution is 1.39. The fourth-order valence-corrected chi connectivity index (χ4v) is 1.36. The molecule has 0 spiro atoms. The summed E-state index contributed by atoms with van der Waals surface area (Å²) in [5, 5.41) is 1.74. The molecule has 2 aromatic rings. The van der Waals surface area contributed by atoms with E-state index in [9.17, 15) is 0 Å². The molecule has 0 saturated carbocycles. The standard InChI is InChI=1S/C7H6BClN2/c8-7-6-4(1-2-10-6)5(9)3-11-7/h1-3,10H,8H2. The number of aromatic nitrogens is 2. The maximum absolute atomic E-state index is 5.89. The van der Waals surface area contributed by atoms with Crippen LogP contribution in [-0.4, -0.2) is 17.8 Å². The largest absolute Gasteiger partial charge is 0.360 e. The van der Waals surface area contributed by atoms with Crippen molar-refractivity contribution in [3.63, 3.8) is 0 Å². The second-order valence-corrected chi connectivity index (χ2v) is 2.87. The van der Waals surface area contributed by atoms with Crippen LogP contribution in [0.4, 0.5) is 0 Å². The molecule has 0 aliphatic rings. The first-order valence-corrected chi connectivity index (χ1v) is 3.75. The lowest BCUT2D eigenvalue weighted by Gasteiger charge is -1.95. The Morgan fingerprint density at radius 1 is 1.55 bits per heavy atom. The fourth-order valence-electron chi connectivity index (χ4n) is 1.16. The lowest BCUT2D eigenvalue weighted by Crippen LogP contribution is -2.08. The number of hydrogen-bond acceptors (Lipinski definition) is 1. The monoisotopic (exact) mass is 164 g/mol. The molecule has 1 N–H and O–H groups in total. The van der Waals surface area contributed by atoms with E-state index in [0.717, 1.165) is 16.5 Å². The first-order valence-electron chi connectivity index (χ1n) is 3.37. The molecule has 0 saturated heterocycles. The van der Waals surface area contributed by atoms with Gasteiger partial charge in [-0.1, -0.05) is 11.6 Å². The molecule has 0 amide bonds. The highest BCUT2D eigenvalue weighted by Crippen LogP contribution is 2.18. The van der Waals surface area contributed by atoms with Gasteiger partial charge in [0.25, 0.3) is 0 Å². The van der Waals surface area contributed by atoms with Gasteiger partial charge in [-0.2, -0.15) is 0 Å². The van der Waals surface area contributed by atoms with Crippen molar-refractivity contribution in [3.8, 4) is 0 Å². The normalized spacial score (nSPS) is 10.6. The zero-order valence-electron chi connectivity index (χ0n) is 6.06. The summed E-state index contributed by atoms with van der Waals surface area (Å²) in [4.78, 5) is 7.20. The van der Waals surface area contributed by atoms with E-state index >= 15 is 0 Å². The number of hydrogen-bond donors (Lipinski definition) is 1. The van der Waals surface area contributed by atoms with Crippen molar-refractivity contribution in [2.75, 3.05) is 0 Å². The number of nitrogens with one attached hydrogen (secondary N) is 1. The summed E-state index contributed by atoms with van der Waals surface area (Å²) < 4.78 is 0. The van der Waals surface area contributed by atoms with Gasteiger partial charge in [0.2, 0.25) is 0 Å². The fraction of sp³-hybridized carbons (Fsp3) is 0. The third kappa shape index (κ3) is 0.924. The third-order valence-corrected chi connectivity index (χ3v) is 2.04. The minimum atomic E-state index is 0.701. The summed E-state index contributed by atoms with van der Waals surface area (Å²) in [6, 6.07) is 1.95. The van der Waals surface area contributed by atoms with Crippen LogP contribution >= 0.6 is 11.6 Å². The summed E-state index contributed by atoms with van der Waals surface area (Å²) in [7, 11) is 1.95. The summed E-state index contributed by atoms with van der Waals surface area (Å²) in [5.41, 5.74) is 2.01. The molecule has 0 bridgehead atoms. The SMILES string of the molecule is Bc1ncc(Cl)c2cc[nH]c12. The lowest BCUT2D eigenvalue weighted by atomic mass is 10.0. The zero-order valence-corrected chi connectivity index (χ0v) is 6.81. The highest BCUT2D eigenvalue weighted by atomic mass is 35.5. The molecule has 0 atom stereocenters. The number of halogens is 1. The first kappa shape index (κ1) is 6.74. The van der Waals surface area contributed by atoms with Crippen LogP contribution in [0.5, 0.6) is 0 Å². The Bertz CT molecular complexity index is 360. The van der Waals surface area contributed by atoms with Crippen molar-refractivity contribution < 1.29 is 0 Å². The van der Waals surface area contributed by atoms with Crippen molar-refractivity contribution in [3.05, 3.63) is 23.5 Å². The van der Waals surface area contributed by atoms with Crippen LogP contribution in [0.2, 0.25) is 5.02 Å². The highest BCUT2D eigenvalue weighted by molar-refractivity contribution is 6.40. The zero-order chi connectivity index (χ0) is 7.84. The second kappa shape index (κ2) is 2.27. The van der Waals surface area contributed by atoms with E-state index in [1.807, 2.05) is 20.1 Å². The Morgan fingerprint density at radius 2 is 2.36 bits per heavy atom. The molecule has 11 heavy (non-hydrogen) atoms. The molecule has 2 nitrogen and oxygen atoms in total. The van der Waals surface area contributed by atoms with Crippen LogP contribution in [0.1, 0.15) is 0 Å². The maximum Gasteiger partial charge on any atom is 0.166 e. The van der Waals surface area contributed by atoms with Gasteiger partial charge >= 0.3 is 0 Å². The molecule has 0 radical (unpaired) electrons. The van der Waals surface area contributed by atoms with Crippen LogP contribution < -0.4 is 5.59 Å². The quantitative estimate of drug-likeness (QED) is 0.564. The highest BCUT2D eigenvalue weighted by Gasteiger charge is 2.01. The van der Waals surface area contributed by atoms with Gasteiger partial charge in [-0.3, -0.25) is 4.98 Å². The molecule has 2 heterocycles. The number of pyridine rings is 1. The number of aromatic amines is 1. The first-order chi connectivity index (χ1) is 5.29. The number of nitrogens with zero attached hydrogens (tertiary/aromatic N) is 1. The number of H-pyrrole nitrogens is 1. The Kier molecular flexibility index (Phi) is 1.39. The molecular formula is C7H6BClN2. The molecule has 4 heteroatoms. The number of fused-ring (bicyclic) bond motifs is 1. The average molecular weight is 164 g/mol. The molecule has 0 unspecified atom stereocenters. The summed E-state index contributed by atoms with van der Waals surface area (Å²) in [6.45, 7) is 0. The molecule has 0 fully saturated rings. The Hall–Kier alpha value is -0.955. The minimum Gasteiger partial charge on any atom is -0.360 e. The smallest absolute Gasteiger partial charge is 0.166 e. The van der Waals surface area contributed by atoms with Gasteiger partial charge in [-0.05, 0) is 6.07 Å². The van der Waals surface area contributed by atoms with Crippen molar-refractivity contribution in [2.45, 2.75) is 0 Å². The van der Waals surface area contributed by atoms with Gasteiger partial charge in [0.1, 0.15) is 0 Å². The number of rotatable bonds is 0. The second-order valence-electron chi connectivity index (χ2n) is 2.46. The third-order valence-electron chi connectivity index (χ3n) is 1.74. The minimum absolute atomic E-state index is 0.701. The van der Waals surface area contributed by atoms with Gasteiger partial charge in [-0.15, -0.1) is 0 Å². The average Bonchev–Trinajstić information content (AvgIpc) is 2.45. The maximum atomic E-state index is 5.89. The van der Waals surface area contributed by atoms with E-state index in [4.69, 9.17) is 11.6 Å². The summed E-state index contributed by atoms with van der Waals surface area (Å²) in [6.07, 6.45) is 3.54. The van der Waals surface area contributed by atoms with E-state index in [2.05, 4.69) is 9.97 Å². The van der Waals surface area contributed by atoms with E-state index in [1.54, 1.807) is 6.20 Å². The molecule has 2 rings (SSSR count). The predicted molar refractivity (Wildman–Crippen MR) is 49.3 cm³/mol. The Balaban J connectivity index is 2.96. The van der Waals surface area contributed by atoms with Crippen LogP contribution in [-0.2, 0) is 0 Å². The van der Waals surface area contributed by atoms with E-state index in [1.165, 1.54) is 0 Å². The molecule has 0 aromatic carbocycles. The van der Waals surface area contributed by atoms with Gasteiger partial charge in [0.15, 0.2) is 7.85 Å².